The van der Waals surface area contributed by atoms with Crippen molar-refractivity contribution in [1.29, 1.82) is 0 Å². The van der Waals surface area contributed by atoms with Crippen LogP contribution in [0, 0.1) is 5.92 Å². The predicted molar refractivity (Wildman–Crippen MR) is 132 cm³/mol. The summed E-state index contributed by atoms with van der Waals surface area (Å²) in [6.45, 7) is 2.93. The van der Waals surface area contributed by atoms with E-state index in [1.165, 1.54) is 4.31 Å². The van der Waals surface area contributed by atoms with Crippen LogP contribution in [0.15, 0.2) is 95.9 Å². The van der Waals surface area contributed by atoms with Crippen LogP contribution in [-0.4, -0.2) is 45.3 Å². The summed E-state index contributed by atoms with van der Waals surface area (Å²) in [4.78, 5) is 15.4. The molecule has 0 radical (unpaired) electrons. The molecule has 0 saturated carbocycles. The van der Waals surface area contributed by atoms with Crippen LogP contribution < -0.4 is 4.31 Å². The summed E-state index contributed by atoms with van der Waals surface area (Å²) in [5.41, 5.74) is 1.47. The van der Waals surface area contributed by atoms with Gasteiger partial charge in [0.15, 0.2) is 5.78 Å². The lowest BCUT2D eigenvalue weighted by atomic mass is 9.89. The van der Waals surface area contributed by atoms with Crippen LogP contribution in [-0.2, 0) is 10.0 Å². The lowest BCUT2D eigenvalue weighted by Crippen LogP contribution is -2.39. The average molecular weight is 463 g/mol. The first-order chi connectivity index (χ1) is 16.1. The molecule has 6 heteroatoms. The van der Waals surface area contributed by atoms with Crippen LogP contribution in [0.4, 0.5) is 5.69 Å². The number of nitrogens with zero attached hydrogens (tertiary/aromatic N) is 2. The highest BCUT2D eigenvalue weighted by Gasteiger charge is 2.27. The highest BCUT2D eigenvalue weighted by Crippen LogP contribution is 2.25. The number of rotatable bonds is 9. The van der Waals surface area contributed by atoms with Gasteiger partial charge >= 0.3 is 0 Å². The van der Waals surface area contributed by atoms with Gasteiger partial charge in [0.25, 0.3) is 10.0 Å². The molecule has 1 heterocycles. The van der Waals surface area contributed by atoms with E-state index >= 15 is 0 Å². The van der Waals surface area contributed by atoms with Crippen LogP contribution in [0.3, 0.4) is 0 Å². The van der Waals surface area contributed by atoms with Crippen molar-refractivity contribution in [2.24, 2.45) is 5.92 Å². The monoisotopic (exact) mass is 462 g/mol. The second kappa shape index (κ2) is 10.8. The van der Waals surface area contributed by atoms with Crippen molar-refractivity contribution in [2.45, 2.75) is 24.2 Å². The number of benzene rings is 3. The average Bonchev–Trinajstić information content (AvgIpc) is 2.88. The molecule has 1 aliphatic heterocycles. The molecular formula is C27H30N2O3S. The van der Waals surface area contributed by atoms with E-state index in [1.54, 1.807) is 24.3 Å². The Balaban J connectivity index is 1.35. The Bertz CT molecular complexity index is 1130. The standard InChI is InChI=1S/C27H30N2O3S/c30-27(23-11-4-1-5-12-23)24-17-21-28(22-18-24)19-10-20-29(25-13-6-2-7-14-25)33(31,32)26-15-8-3-9-16-26/h1-9,11-16,24H,10,17-22H2. The molecule has 0 N–H and O–H groups in total. The Hall–Kier alpha value is -2.96. The fourth-order valence-electron chi connectivity index (χ4n) is 4.40. The largest absolute Gasteiger partial charge is 0.303 e. The van der Waals surface area contributed by atoms with Crippen LogP contribution in [0.25, 0.3) is 0 Å². The third-order valence-corrected chi connectivity index (χ3v) is 8.07. The van der Waals surface area contributed by atoms with E-state index < -0.39 is 10.0 Å². The third-order valence-electron chi connectivity index (χ3n) is 6.23. The molecule has 1 aliphatic rings. The lowest BCUT2D eigenvalue weighted by Gasteiger charge is -2.32. The van der Waals surface area contributed by atoms with Crippen LogP contribution >= 0.6 is 0 Å². The number of para-hydroxylation sites is 1. The van der Waals surface area contributed by atoms with Crippen molar-refractivity contribution in [3.05, 3.63) is 96.6 Å². The maximum absolute atomic E-state index is 13.3. The zero-order chi connectivity index (χ0) is 23.1. The predicted octanol–water partition coefficient (Wildman–Crippen LogP) is 4.87. The number of hydrogen-bond acceptors (Lipinski definition) is 4. The number of anilines is 1. The molecule has 33 heavy (non-hydrogen) atoms. The molecule has 3 aromatic rings. The first kappa shape index (κ1) is 23.2. The fourth-order valence-corrected chi connectivity index (χ4v) is 5.92. The molecule has 5 nitrogen and oxygen atoms in total. The molecule has 0 amide bonds. The van der Waals surface area contributed by atoms with Gasteiger partial charge in [0.2, 0.25) is 0 Å². The first-order valence-electron chi connectivity index (χ1n) is 11.5. The summed E-state index contributed by atoms with van der Waals surface area (Å²) < 4.78 is 28.2. The van der Waals surface area contributed by atoms with E-state index in [4.69, 9.17) is 0 Å². The number of carbonyl (C=O) groups is 1. The van der Waals surface area contributed by atoms with E-state index in [1.807, 2.05) is 66.7 Å². The molecule has 1 saturated heterocycles. The number of likely N-dealkylation sites (tertiary alicyclic amines) is 1. The Kier molecular flexibility index (Phi) is 7.57. The summed E-state index contributed by atoms with van der Waals surface area (Å²) in [5, 5.41) is 0. The van der Waals surface area contributed by atoms with Crippen LogP contribution in [0.1, 0.15) is 29.6 Å². The molecule has 0 spiro atoms. The molecule has 0 aliphatic carbocycles. The van der Waals surface area contributed by atoms with E-state index in [0.717, 1.165) is 44.5 Å². The van der Waals surface area contributed by atoms with Crippen molar-refractivity contribution in [2.75, 3.05) is 30.5 Å². The highest BCUT2D eigenvalue weighted by molar-refractivity contribution is 7.92. The molecule has 4 rings (SSSR count). The lowest BCUT2D eigenvalue weighted by molar-refractivity contribution is 0.0840. The Labute approximate surface area is 196 Å². The zero-order valence-electron chi connectivity index (χ0n) is 18.7. The van der Waals surface area contributed by atoms with Crippen molar-refractivity contribution in [3.8, 4) is 0 Å². The second-order valence-electron chi connectivity index (χ2n) is 8.43. The quantitative estimate of drug-likeness (QED) is 0.426. The molecule has 0 unspecified atom stereocenters. The molecule has 172 valence electrons. The molecule has 1 fully saturated rings. The summed E-state index contributed by atoms with van der Waals surface area (Å²) in [5.74, 6) is 0.308. The van der Waals surface area contributed by atoms with Gasteiger partial charge in [-0.3, -0.25) is 9.10 Å². The minimum Gasteiger partial charge on any atom is -0.303 e. The highest BCUT2D eigenvalue weighted by atomic mass is 32.2. The summed E-state index contributed by atoms with van der Waals surface area (Å²) in [7, 11) is -3.64. The molecule has 3 aromatic carbocycles. The number of sulfonamides is 1. The van der Waals surface area contributed by atoms with Gasteiger partial charge in [0.05, 0.1) is 10.6 Å². The van der Waals surface area contributed by atoms with Gasteiger partial charge in [0.1, 0.15) is 0 Å². The first-order valence-corrected chi connectivity index (χ1v) is 12.9. The summed E-state index contributed by atoms with van der Waals surface area (Å²) >= 11 is 0. The SMILES string of the molecule is O=C(c1ccccc1)C1CCN(CCCN(c2ccccc2)S(=O)(=O)c2ccccc2)CC1. The minimum atomic E-state index is -3.64. The summed E-state index contributed by atoms with van der Waals surface area (Å²) in [6.07, 6.45) is 2.41. The van der Waals surface area contributed by atoms with Crippen molar-refractivity contribution >= 4 is 21.5 Å². The summed E-state index contributed by atoms with van der Waals surface area (Å²) in [6, 6.07) is 27.4. The van der Waals surface area contributed by atoms with Gasteiger partial charge in [-0.15, -0.1) is 0 Å². The van der Waals surface area contributed by atoms with Gasteiger partial charge in [-0.2, -0.15) is 0 Å². The van der Waals surface area contributed by atoms with E-state index in [2.05, 4.69) is 4.90 Å². The second-order valence-corrected chi connectivity index (χ2v) is 10.3. The smallest absolute Gasteiger partial charge is 0.264 e. The van der Waals surface area contributed by atoms with Crippen molar-refractivity contribution in [3.63, 3.8) is 0 Å². The number of piperidine rings is 1. The van der Waals surface area contributed by atoms with Gasteiger partial charge in [-0.25, -0.2) is 8.42 Å². The Morgan fingerprint density at radius 3 is 1.97 bits per heavy atom. The fraction of sp³-hybridized carbons (Fsp3) is 0.296. The minimum absolute atomic E-state index is 0.0722. The van der Waals surface area contributed by atoms with Gasteiger partial charge in [-0.1, -0.05) is 66.7 Å². The van der Waals surface area contributed by atoms with Gasteiger partial charge in [-0.05, 0) is 63.2 Å². The number of ketones is 1. The molecular weight excluding hydrogens is 432 g/mol. The number of carbonyl (C=O) groups excluding carboxylic acids is 1. The van der Waals surface area contributed by atoms with E-state index in [0.29, 0.717) is 17.1 Å². The van der Waals surface area contributed by atoms with E-state index in [-0.39, 0.29) is 11.7 Å². The van der Waals surface area contributed by atoms with Gasteiger partial charge in [0, 0.05) is 18.0 Å². The zero-order valence-corrected chi connectivity index (χ0v) is 19.5. The van der Waals surface area contributed by atoms with Crippen LogP contribution in [0.5, 0.6) is 0 Å². The maximum Gasteiger partial charge on any atom is 0.264 e. The molecule has 0 aromatic heterocycles. The molecule has 0 atom stereocenters. The van der Waals surface area contributed by atoms with Crippen LogP contribution in [0.2, 0.25) is 0 Å². The topological polar surface area (TPSA) is 57.7 Å². The normalized spacial score (nSPS) is 15.3. The Morgan fingerprint density at radius 1 is 0.818 bits per heavy atom. The molecule has 0 bridgehead atoms. The van der Waals surface area contributed by atoms with Gasteiger partial charge < -0.3 is 4.90 Å². The van der Waals surface area contributed by atoms with Crippen molar-refractivity contribution < 1.29 is 13.2 Å². The number of Topliss-reactive ketones (excluding diaryl/α,β-unsaturated/α-hetero) is 1. The Morgan fingerprint density at radius 2 is 1.36 bits per heavy atom. The number of hydrogen-bond donors (Lipinski definition) is 0. The van der Waals surface area contributed by atoms with E-state index in [9.17, 15) is 13.2 Å². The maximum atomic E-state index is 13.3. The van der Waals surface area contributed by atoms with Crippen molar-refractivity contribution in [1.82, 2.24) is 4.90 Å². The third kappa shape index (κ3) is 5.70.